The van der Waals surface area contributed by atoms with E-state index in [2.05, 4.69) is 13.8 Å². The van der Waals surface area contributed by atoms with Gasteiger partial charge in [0.1, 0.15) is 0 Å². The van der Waals surface area contributed by atoms with Gasteiger partial charge in [-0.3, -0.25) is 0 Å². The lowest BCUT2D eigenvalue weighted by atomic mass is 10.2. The topological polar surface area (TPSA) is 9.23 Å². The van der Waals surface area contributed by atoms with Crippen molar-refractivity contribution in [2.75, 3.05) is 6.61 Å². The summed E-state index contributed by atoms with van der Waals surface area (Å²) in [5.74, 6) is 1.38. The molecule has 59 valence electrons. The Bertz CT molecular complexity index is 82.7. The fraction of sp³-hybridized carbons (Fsp3) is 0.889. The van der Waals surface area contributed by atoms with Crippen molar-refractivity contribution in [3.05, 3.63) is 5.92 Å². The van der Waals surface area contributed by atoms with Gasteiger partial charge in [0, 0.05) is 0 Å². The molecule has 0 saturated heterocycles. The van der Waals surface area contributed by atoms with Crippen molar-refractivity contribution in [3.63, 3.8) is 0 Å². The third-order valence-electron chi connectivity index (χ3n) is 1.91. The SMILES string of the molecule is C[C](C)COC1CCCC1. The van der Waals surface area contributed by atoms with Crippen LogP contribution in [0.1, 0.15) is 39.5 Å². The van der Waals surface area contributed by atoms with Crippen LogP contribution in [0.3, 0.4) is 0 Å². The first-order valence-corrected chi connectivity index (χ1v) is 4.19. The van der Waals surface area contributed by atoms with Gasteiger partial charge >= 0.3 is 0 Å². The molecule has 0 aromatic carbocycles. The molecule has 1 aliphatic carbocycles. The van der Waals surface area contributed by atoms with E-state index >= 15 is 0 Å². The maximum Gasteiger partial charge on any atom is 0.0575 e. The maximum atomic E-state index is 5.63. The molecule has 1 nitrogen and oxygen atoms in total. The Morgan fingerprint density at radius 2 is 1.90 bits per heavy atom. The first-order valence-electron chi connectivity index (χ1n) is 4.19. The average Bonchev–Trinajstić information content (AvgIpc) is 2.34. The highest BCUT2D eigenvalue weighted by molar-refractivity contribution is 4.77. The van der Waals surface area contributed by atoms with Gasteiger partial charge in [0.05, 0.1) is 12.7 Å². The van der Waals surface area contributed by atoms with E-state index in [4.69, 9.17) is 4.74 Å². The normalized spacial score (nSPS) is 20.7. The predicted molar refractivity (Wildman–Crippen MR) is 42.8 cm³/mol. The molecule has 1 fully saturated rings. The standard InChI is InChI=1S/C9H17O/c1-8(2)7-10-9-5-3-4-6-9/h9H,3-7H2,1-2H3. The number of ether oxygens (including phenoxy) is 1. The Balaban J connectivity index is 2.01. The van der Waals surface area contributed by atoms with Gasteiger partial charge in [-0.1, -0.05) is 26.7 Å². The molecule has 0 aliphatic heterocycles. The van der Waals surface area contributed by atoms with Gasteiger partial charge in [0.25, 0.3) is 0 Å². The summed E-state index contributed by atoms with van der Waals surface area (Å²) in [5.41, 5.74) is 0. The summed E-state index contributed by atoms with van der Waals surface area (Å²) in [7, 11) is 0. The molecule has 1 aliphatic rings. The average molecular weight is 141 g/mol. The van der Waals surface area contributed by atoms with Gasteiger partial charge in [-0.05, 0) is 18.8 Å². The smallest absolute Gasteiger partial charge is 0.0575 e. The largest absolute Gasteiger partial charge is 0.378 e. The molecule has 0 atom stereocenters. The highest BCUT2D eigenvalue weighted by atomic mass is 16.5. The molecule has 0 amide bonds. The minimum Gasteiger partial charge on any atom is -0.378 e. The zero-order valence-electron chi connectivity index (χ0n) is 7.02. The molecule has 0 aromatic heterocycles. The second-order valence-electron chi connectivity index (χ2n) is 3.42. The van der Waals surface area contributed by atoms with Crippen molar-refractivity contribution in [2.45, 2.75) is 45.6 Å². The van der Waals surface area contributed by atoms with Crippen LogP contribution >= 0.6 is 0 Å². The van der Waals surface area contributed by atoms with E-state index in [1.165, 1.54) is 31.6 Å². The summed E-state index contributed by atoms with van der Waals surface area (Å²) in [5, 5.41) is 0. The quantitative estimate of drug-likeness (QED) is 0.587. The molecule has 0 N–H and O–H groups in total. The van der Waals surface area contributed by atoms with Crippen molar-refractivity contribution in [1.82, 2.24) is 0 Å². The van der Waals surface area contributed by atoms with E-state index < -0.39 is 0 Å². The predicted octanol–water partition coefficient (Wildman–Crippen LogP) is 2.56. The van der Waals surface area contributed by atoms with Crippen LogP contribution in [0.15, 0.2) is 0 Å². The fourth-order valence-corrected chi connectivity index (χ4v) is 1.34. The van der Waals surface area contributed by atoms with Crippen LogP contribution in [0.4, 0.5) is 0 Å². The minimum absolute atomic E-state index is 0.579. The molecule has 0 spiro atoms. The first kappa shape index (κ1) is 8.06. The molecular formula is C9H17O. The summed E-state index contributed by atoms with van der Waals surface area (Å²) < 4.78 is 5.63. The molecule has 1 rings (SSSR count). The number of rotatable bonds is 3. The monoisotopic (exact) mass is 141 g/mol. The zero-order valence-corrected chi connectivity index (χ0v) is 7.02. The first-order chi connectivity index (χ1) is 4.79. The summed E-state index contributed by atoms with van der Waals surface area (Å²) in [6.45, 7) is 5.11. The second-order valence-corrected chi connectivity index (χ2v) is 3.42. The Labute approximate surface area is 63.8 Å². The van der Waals surface area contributed by atoms with Gasteiger partial charge in [-0.15, -0.1) is 0 Å². The third-order valence-corrected chi connectivity index (χ3v) is 1.91. The van der Waals surface area contributed by atoms with E-state index in [0.29, 0.717) is 6.10 Å². The van der Waals surface area contributed by atoms with Crippen LogP contribution in [0.2, 0.25) is 0 Å². The van der Waals surface area contributed by atoms with E-state index in [1.807, 2.05) is 0 Å². The van der Waals surface area contributed by atoms with Crippen LogP contribution in [-0.2, 0) is 4.74 Å². The lowest BCUT2D eigenvalue weighted by Crippen LogP contribution is -2.10. The summed E-state index contributed by atoms with van der Waals surface area (Å²) >= 11 is 0. The van der Waals surface area contributed by atoms with Gasteiger partial charge in [0.2, 0.25) is 0 Å². The van der Waals surface area contributed by atoms with E-state index in [-0.39, 0.29) is 0 Å². The highest BCUT2D eigenvalue weighted by Crippen LogP contribution is 2.21. The van der Waals surface area contributed by atoms with Crippen LogP contribution in [-0.4, -0.2) is 12.7 Å². The van der Waals surface area contributed by atoms with E-state index in [0.717, 1.165) is 6.61 Å². The molecular weight excluding hydrogens is 124 g/mol. The third kappa shape index (κ3) is 2.70. The maximum absolute atomic E-state index is 5.63. The van der Waals surface area contributed by atoms with Crippen molar-refractivity contribution in [1.29, 1.82) is 0 Å². The Hall–Kier alpha value is -0.0400. The van der Waals surface area contributed by atoms with Crippen molar-refractivity contribution in [3.8, 4) is 0 Å². The van der Waals surface area contributed by atoms with Gasteiger partial charge < -0.3 is 4.74 Å². The Morgan fingerprint density at radius 3 is 2.40 bits per heavy atom. The molecule has 0 unspecified atom stereocenters. The summed E-state index contributed by atoms with van der Waals surface area (Å²) in [6.07, 6.45) is 5.89. The molecule has 10 heavy (non-hydrogen) atoms. The lowest BCUT2D eigenvalue weighted by molar-refractivity contribution is 0.0668. The van der Waals surface area contributed by atoms with Crippen LogP contribution in [0.25, 0.3) is 0 Å². The molecule has 1 heteroatoms. The van der Waals surface area contributed by atoms with E-state index in [1.54, 1.807) is 0 Å². The van der Waals surface area contributed by atoms with Crippen molar-refractivity contribution in [2.24, 2.45) is 0 Å². The Morgan fingerprint density at radius 1 is 1.30 bits per heavy atom. The number of hydrogen-bond acceptors (Lipinski definition) is 1. The van der Waals surface area contributed by atoms with Gasteiger partial charge in [-0.2, -0.15) is 0 Å². The molecule has 0 aromatic rings. The van der Waals surface area contributed by atoms with E-state index in [9.17, 15) is 0 Å². The summed E-state index contributed by atoms with van der Waals surface area (Å²) in [4.78, 5) is 0. The van der Waals surface area contributed by atoms with Gasteiger partial charge in [-0.25, -0.2) is 0 Å². The fourth-order valence-electron chi connectivity index (χ4n) is 1.34. The van der Waals surface area contributed by atoms with Crippen molar-refractivity contribution < 1.29 is 4.74 Å². The molecule has 0 heterocycles. The summed E-state index contributed by atoms with van der Waals surface area (Å²) in [6, 6.07) is 0. The lowest BCUT2D eigenvalue weighted by Gasteiger charge is -2.11. The van der Waals surface area contributed by atoms with Gasteiger partial charge in [0.15, 0.2) is 0 Å². The highest BCUT2D eigenvalue weighted by Gasteiger charge is 2.15. The number of hydrogen-bond donors (Lipinski definition) is 0. The zero-order chi connectivity index (χ0) is 7.40. The van der Waals surface area contributed by atoms with Crippen LogP contribution in [0.5, 0.6) is 0 Å². The van der Waals surface area contributed by atoms with Crippen LogP contribution in [0, 0.1) is 5.92 Å². The van der Waals surface area contributed by atoms with Crippen molar-refractivity contribution >= 4 is 0 Å². The minimum atomic E-state index is 0.579. The molecule has 0 bridgehead atoms. The van der Waals surface area contributed by atoms with Crippen LogP contribution < -0.4 is 0 Å². The Kier molecular flexibility index (Phi) is 3.20. The molecule has 1 radical (unpaired) electrons. The molecule has 1 saturated carbocycles. The second kappa shape index (κ2) is 3.97.